The summed E-state index contributed by atoms with van der Waals surface area (Å²) in [6.07, 6.45) is 1.48. The van der Waals surface area contributed by atoms with Crippen molar-refractivity contribution < 1.29 is 4.79 Å². The molecule has 100 valence electrons. The van der Waals surface area contributed by atoms with E-state index in [0.717, 1.165) is 5.56 Å². The Morgan fingerprint density at radius 3 is 2.53 bits per heavy atom. The van der Waals surface area contributed by atoms with Crippen molar-refractivity contribution in [2.75, 3.05) is 5.73 Å². The molecule has 0 spiro atoms. The number of benzene rings is 1. The zero-order valence-corrected chi connectivity index (χ0v) is 11.3. The van der Waals surface area contributed by atoms with Gasteiger partial charge >= 0.3 is 0 Å². The largest absolute Gasteiger partial charge is 0.396 e. The fraction of sp³-hybridized carbons (Fsp3) is 0.286. The number of nitrogens with one attached hydrogen (secondary N) is 1. The lowest BCUT2D eigenvalue weighted by Gasteiger charge is -2.15. The van der Waals surface area contributed by atoms with Crippen LogP contribution in [-0.2, 0) is 7.05 Å². The molecule has 1 heterocycles. The molecule has 19 heavy (non-hydrogen) atoms. The number of aryl methyl sites for hydroxylation is 2. The van der Waals surface area contributed by atoms with Gasteiger partial charge in [0.1, 0.15) is 5.69 Å². The standard InChI is InChI=1S/C14H18N4O/c1-9-4-6-11(7-5-9)10(2)17-14(19)13-12(15)8-16-18(13)3/h4-8,10H,15H2,1-3H3,(H,17,19). The number of carbonyl (C=O) groups is 1. The van der Waals surface area contributed by atoms with Crippen molar-refractivity contribution in [3.63, 3.8) is 0 Å². The molecule has 0 aliphatic carbocycles. The van der Waals surface area contributed by atoms with Gasteiger partial charge in [0.05, 0.1) is 17.9 Å². The molecule has 3 N–H and O–H groups in total. The lowest BCUT2D eigenvalue weighted by molar-refractivity contribution is 0.0931. The van der Waals surface area contributed by atoms with Crippen LogP contribution in [0.15, 0.2) is 30.5 Å². The van der Waals surface area contributed by atoms with E-state index in [-0.39, 0.29) is 11.9 Å². The van der Waals surface area contributed by atoms with Crippen molar-refractivity contribution >= 4 is 11.6 Å². The fourth-order valence-electron chi connectivity index (χ4n) is 1.94. The van der Waals surface area contributed by atoms with Crippen molar-refractivity contribution in [2.45, 2.75) is 19.9 Å². The molecule has 1 aromatic carbocycles. The van der Waals surface area contributed by atoms with Crippen LogP contribution in [0.25, 0.3) is 0 Å². The van der Waals surface area contributed by atoms with E-state index in [9.17, 15) is 4.79 Å². The summed E-state index contributed by atoms with van der Waals surface area (Å²) in [5.74, 6) is -0.217. The maximum absolute atomic E-state index is 12.1. The Morgan fingerprint density at radius 2 is 2.00 bits per heavy atom. The van der Waals surface area contributed by atoms with Crippen LogP contribution in [0.5, 0.6) is 0 Å². The van der Waals surface area contributed by atoms with E-state index in [1.54, 1.807) is 7.05 Å². The number of nitrogen functional groups attached to an aromatic ring is 1. The molecule has 0 fully saturated rings. The lowest BCUT2D eigenvalue weighted by atomic mass is 10.1. The molecule has 1 unspecified atom stereocenters. The summed E-state index contributed by atoms with van der Waals surface area (Å²) in [4.78, 5) is 12.1. The van der Waals surface area contributed by atoms with Crippen molar-refractivity contribution in [3.05, 3.63) is 47.3 Å². The Hall–Kier alpha value is -2.30. The highest BCUT2D eigenvalue weighted by Crippen LogP contribution is 2.15. The highest BCUT2D eigenvalue weighted by atomic mass is 16.2. The van der Waals surface area contributed by atoms with Gasteiger partial charge in [-0.3, -0.25) is 9.48 Å². The second-order valence-corrected chi connectivity index (χ2v) is 4.68. The second-order valence-electron chi connectivity index (χ2n) is 4.68. The van der Waals surface area contributed by atoms with Gasteiger partial charge in [-0.1, -0.05) is 29.8 Å². The van der Waals surface area contributed by atoms with Gasteiger partial charge in [0.15, 0.2) is 0 Å². The summed E-state index contributed by atoms with van der Waals surface area (Å²) in [5, 5.41) is 6.88. The molecule has 5 nitrogen and oxygen atoms in total. The number of aromatic nitrogens is 2. The first-order chi connectivity index (χ1) is 8.99. The zero-order chi connectivity index (χ0) is 14.0. The maximum Gasteiger partial charge on any atom is 0.272 e. The van der Waals surface area contributed by atoms with Gasteiger partial charge in [0.25, 0.3) is 5.91 Å². The van der Waals surface area contributed by atoms with Crippen molar-refractivity contribution in [1.29, 1.82) is 0 Å². The van der Waals surface area contributed by atoms with Crippen LogP contribution in [0.3, 0.4) is 0 Å². The molecule has 0 radical (unpaired) electrons. The minimum absolute atomic E-state index is 0.0811. The number of nitrogens with two attached hydrogens (primary N) is 1. The third-order valence-electron chi connectivity index (χ3n) is 3.11. The van der Waals surface area contributed by atoms with Crippen molar-refractivity contribution in [3.8, 4) is 0 Å². The monoisotopic (exact) mass is 258 g/mol. The first-order valence-corrected chi connectivity index (χ1v) is 6.14. The molecular weight excluding hydrogens is 240 g/mol. The van der Waals surface area contributed by atoms with E-state index in [0.29, 0.717) is 11.4 Å². The molecule has 0 aliphatic heterocycles. The Bertz CT molecular complexity index is 566. The summed E-state index contributed by atoms with van der Waals surface area (Å²) < 4.78 is 1.48. The van der Waals surface area contributed by atoms with E-state index in [1.165, 1.54) is 16.4 Å². The highest BCUT2D eigenvalue weighted by Gasteiger charge is 2.17. The van der Waals surface area contributed by atoms with Gasteiger partial charge in [-0.05, 0) is 19.4 Å². The fourth-order valence-corrected chi connectivity index (χ4v) is 1.94. The van der Waals surface area contributed by atoms with E-state index in [4.69, 9.17) is 5.73 Å². The van der Waals surface area contributed by atoms with Crippen LogP contribution in [0.2, 0.25) is 0 Å². The molecule has 1 amide bonds. The van der Waals surface area contributed by atoms with E-state index >= 15 is 0 Å². The molecule has 0 aliphatic rings. The molecule has 0 saturated heterocycles. The quantitative estimate of drug-likeness (QED) is 0.881. The molecule has 2 aromatic rings. The summed E-state index contributed by atoms with van der Waals surface area (Å²) in [7, 11) is 1.70. The molecule has 1 atom stereocenters. The maximum atomic E-state index is 12.1. The van der Waals surface area contributed by atoms with Crippen LogP contribution < -0.4 is 11.1 Å². The topological polar surface area (TPSA) is 72.9 Å². The van der Waals surface area contributed by atoms with Crippen LogP contribution >= 0.6 is 0 Å². The summed E-state index contributed by atoms with van der Waals surface area (Å²) in [5.41, 5.74) is 8.75. The molecule has 0 bridgehead atoms. The van der Waals surface area contributed by atoms with Crippen molar-refractivity contribution in [2.24, 2.45) is 7.05 Å². The Kier molecular flexibility index (Phi) is 3.55. The van der Waals surface area contributed by atoms with Crippen LogP contribution in [0.1, 0.15) is 34.6 Å². The van der Waals surface area contributed by atoms with E-state index in [2.05, 4.69) is 10.4 Å². The number of rotatable bonds is 3. The Morgan fingerprint density at radius 1 is 1.37 bits per heavy atom. The number of hydrogen-bond acceptors (Lipinski definition) is 3. The average molecular weight is 258 g/mol. The average Bonchev–Trinajstić information content (AvgIpc) is 2.69. The zero-order valence-electron chi connectivity index (χ0n) is 11.3. The molecular formula is C14H18N4O. The number of amides is 1. The number of carbonyl (C=O) groups excluding carboxylic acids is 1. The number of anilines is 1. The highest BCUT2D eigenvalue weighted by molar-refractivity contribution is 5.97. The third kappa shape index (κ3) is 2.76. The van der Waals surface area contributed by atoms with Gasteiger partial charge in [-0.2, -0.15) is 5.10 Å². The van der Waals surface area contributed by atoms with Gasteiger partial charge in [0, 0.05) is 7.05 Å². The predicted octanol–water partition coefficient (Wildman–Crippen LogP) is 1.80. The summed E-state index contributed by atoms with van der Waals surface area (Å²) in [6.45, 7) is 3.97. The van der Waals surface area contributed by atoms with Crippen LogP contribution in [-0.4, -0.2) is 15.7 Å². The lowest BCUT2D eigenvalue weighted by Crippen LogP contribution is -2.29. The normalized spacial score (nSPS) is 12.2. The minimum Gasteiger partial charge on any atom is -0.396 e. The van der Waals surface area contributed by atoms with E-state index < -0.39 is 0 Å². The van der Waals surface area contributed by atoms with Crippen molar-refractivity contribution in [1.82, 2.24) is 15.1 Å². The molecule has 2 rings (SSSR count). The van der Waals surface area contributed by atoms with Crippen LogP contribution in [0.4, 0.5) is 5.69 Å². The first kappa shape index (κ1) is 13.1. The van der Waals surface area contributed by atoms with Crippen LogP contribution in [0, 0.1) is 6.92 Å². The number of nitrogens with zero attached hydrogens (tertiary/aromatic N) is 2. The molecule has 0 saturated carbocycles. The van der Waals surface area contributed by atoms with Gasteiger partial charge < -0.3 is 11.1 Å². The van der Waals surface area contributed by atoms with Gasteiger partial charge in [-0.25, -0.2) is 0 Å². The molecule has 5 heteroatoms. The number of hydrogen-bond donors (Lipinski definition) is 2. The van der Waals surface area contributed by atoms with E-state index in [1.807, 2.05) is 38.1 Å². The SMILES string of the molecule is Cc1ccc(C(C)NC(=O)c2c(N)cnn2C)cc1. The Balaban J connectivity index is 2.13. The second kappa shape index (κ2) is 5.14. The first-order valence-electron chi connectivity index (χ1n) is 6.14. The van der Waals surface area contributed by atoms with Gasteiger partial charge in [0.2, 0.25) is 0 Å². The minimum atomic E-state index is -0.217. The Labute approximate surface area is 112 Å². The predicted molar refractivity (Wildman–Crippen MR) is 74.7 cm³/mol. The smallest absolute Gasteiger partial charge is 0.272 e. The summed E-state index contributed by atoms with van der Waals surface area (Å²) >= 11 is 0. The molecule has 1 aromatic heterocycles. The third-order valence-corrected chi connectivity index (χ3v) is 3.11. The summed E-state index contributed by atoms with van der Waals surface area (Å²) in [6, 6.07) is 7.98. The van der Waals surface area contributed by atoms with Gasteiger partial charge in [-0.15, -0.1) is 0 Å².